The standard InChI is InChI=1S/C34H30F6N4O5S/c1-16-7-20(30(45)48-5)8-17(2)27(16)21-11-24(29(47-4)41-13-21)25-14-42-31(50-6)43-26(25)15-44-18(3)28(49-32(44)46)19-9-22(33(35,36)37)12-23(10-19)34(38,39)40/h7-14,18,28H,15H2,1-6H3. The summed E-state index contributed by atoms with van der Waals surface area (Å²) < 4.78 is 97.5. The van der Waals surface area contributed by atoms with Crippen LogP contribution in [0.15, 0.2) is 53.9 Å². The van der Waals surface area contributed by atoms with E-state index in [1.54, 1.807) is 30.7 Å². The van der Waals surface area contributed by atoms with Crippen LogP contribution in [0.3, 0.4) is 0 Å². The molecule has 1 fully saturated rings. The molecule has 50 heavy (non-hydrogen) atoms. The number of thioether (sulfide) groups is 1. The van der Waals surface area contributed by atoms with E-state index in [0.717, 1.165) is 16.7 Å². The third kappa shape index (κ3) is 7.20. The van der Waals surface area contributed by atoms with Crippen LogP contribution < -0.4 is 4.74 Å². The van der Waals surface area contributed by atoms with Gasteiger partial charge in [-0.3, -0.25) is 4.90 Å². The quantitative estimate of drug-likeness (QED) is 0.0768. The van der Waals surface area contributed by atoms with Crippen LogP contribution in [0, 0.1) is 13.8 Å². The fraction of sp³-hybridized carbons (Fsp3) is 0.324. The van der Waals surface area contributed by atoms with Gasteiger partial charge in [0, 0.05) is 29.1 Å². The number of cyclic esters (lactones) is 1. The Morgan fingerprint density at radius 1 is 0.920 bits per heavy atom. The van der Waals surface area contributed by atoms with Gasteiger partial charge in [-0.15, -0.1) is 0 Å². The van der Waals surface area contributed by atoms with E-state index in [-0.39, 0.29) is 18.5 Å². The molecule has 2 unspecified atom stereocenters. The number of alkyl halides is 6. The van der Waals surface area contributed by atoms with Crippen LogP contribution in [0.4, 0.5) is 31.1 Å². The number of amides is 1. The highest BCUT2D eigenvalue weighted by Gasteiger charge is 2.43. The number of esters is 1. The van der Waals surface area contributed by atoms with Gasteiger partial charge in [-0.05, 0) is 85.7 Å². The number of methoxy groups -OCH3 is 2. The van der Waals surface area contributed by atoms with E-state index in [9.17, 15) is 35.9 Å². The van der Waals surface area contributed by atoms with Crippen LogP contribution in [0.25, 0.3) is 22.3 Å². The summed E-state index contributed by atoms with van der Waals surface area (Å²) in [4.78, 5) is 40.1. The molecule has 1 aliphatic heterocycles. The van der Waals surface area contributed by atoms with Crippen molar-refractivity contribution in [3.8, 4) is 28.1 Å². The molecule has 264 valence electrons. The van der Waals surface area contributed by atoms with Crippen molar-refractivity contribution in [1.29, 1.82) is 0 Å². The lowest BCUT2D eigenvalue weighted by Crippen LogP contribution is -2.32. The van der Waals surface area contributed by atoms with Crippen molar-refractivity contribution in [2.24, 2.45) is 0 Å². The summed E-state index contributed by atoms with van der Waals surface area (Å²) in [5.74, 6) is -0.298. The Kier molecular flexibility index (Phi) is 10.1. The summed E-state index contributed by atoms with van der Waals surface area (Å²) in [5.41, 5.74) is 0.994. The first-order valence-corrected chi connectivity index (χ1v) is 16.1. The minimum Gasteiger partial charge on any atom is -0.481 e. The third-order valence-corrected chi connectivity index (χ3v) is 8.82. The highest BCUT2D eigenvalue weighted by Crippen LogP contribution is 2.42. The molecule has 0 N–H and O–H groups in total. The summed E-state index contributed by atoms with van der Waals surface area (Å²) in [6.45, 7) is 4.89. The van der Waals surface area contributed by atoms with E-state index in [2.05, 4.69) is 15.0 Å². The molecule has 4 aromatic rings. The number of carbonyl (C=O) groups is 2. The molecule has 5 rings (SSSR count). The first kappa shape index (κ1) is 36.4. The summed E-state index contributed by atoms with van der Waals surface area (Å²) in [5, 5.41) is 0.335. The number of aromatic nitrogens is 3. The molecule has 2 atom stereocenters. The van der Waals surface area contributed by atoms with E-state index in [1.807, 2.05) is 13.8 Å². The van der Waals surface area contributed by atoms with E-state index in [4.69, 9.17) is 14.2 Å². The summed E-state index contributed by atoms with van der Waals surface area (Å²) >= 11 is 1.22. The average Bonchev–Trinajstić information content (AvgIpc) is 3.34. The largest absolute Gasteiger partial charge is 0.481 e. The predicted octanol–water partition coefficient (Wildman–Crippen LogP) is 8.46. The molecule has 0 aliphatic carbocycles. The van der Waals surface area contributed by atoms with Gasteiger partial charge in [0.2, 0.25) is 5.88 Å². The van der Waals surface area contributed by atoms with Crippen LogP contribution in [-0.4, -0.2) is 58.4 Å². The van der Waals surface area contributed by atoms with Gasteiger partial charge in [0.15, 0.2) is 5.16 Å². The van der Waals surface area contributed by atoms with Gasteiger partial charge >= 0.3 is 24.4 Å². The molecule has 1 amide bonds. The maximum atomic E-state index is 13.6. The van der Waals surface area contributed by atoms with Gasteiger partial charge in [-0.25, -0.2) is 24.5 Å². The molecule has 2 aromatic heterocycles. The molecule has 16 heteroatoms. The molecular weight excluding hydrogens is 690 g/mol. The number of benzene rings is 2. The smallest absolute Gasteiger partial charge is 0.416 e. The Morgan fingerprint density at radius 2 is 1.54 bits per heavy atom. The zero-order valence-electron chi connectivity index (χ0n) is 27.5. The average molecular weight is 721 g/mol. The van der Waals surface area contributed by atoms with Gasteiger partial charge in [0.1, 0.15) is 6.10 Å². The van der Waals surface area contributed by atoms with Crippen LogP contribution in [0.1, 0.15) is 56.9 Å². The lowest BCUT2D eigenvalue weighted by atomic mass is 9.92. The summed E-state index contributed by atoms with van der Waals surface area (Å²) in [7, 11) is 2.71. The fourth-order valence-electron chi connectivity index (χ4n) is 5.91. The maximum absolute atomic E-state index is 13.6. The summed E-state index contributed by atoms with van der Waals surface area (Å²) in [6, 6.07) is 5.30. The molecule has 0 bridgehead atoms. The third-order valence-electron chi connectivity index (χ3n) is 8.26. The number of pyridine rings is 1. The molecule has 2 aromatic carbocycles. The van der Waals surface area contributed by atoms with Gasteiger partial charge in [-0.2, -0.15) is 26.3 Å². The first-order valence-electron chi connectivity index (χ1n) is 14.9. The number of hydrogen-bond donors (Lipinski definition) is 0. The van der Waals surface area contributed by atoms with Crippen molar-refractivity contribution in [1.82, 2.24) is 19.9 Å². The molecule has 3 heterocycles. The van der Waals surface area contributed by atoms with Crippen LogP contribution in [0.2, 0.25) is 0 Å². The van der Waals surface area contributed by atoms with Crippen LogP contribution >= 0.6 is 11.8 Å². The molecule has 0 saturated carbocycles. The Morgan fingerprint density at radius 3 is 2.08 bits per heavy atom. The molecule has 1 saturated heterocycles. The lowest BCUT2D eigenvalue weighted by molar-refractivity contribution is -0.143. The SMILES string of the molecule is COC(=O)c1cc(C)c(-c2cnc(OC)c(-c3cnc(SC)nc3CN3C(=O)OC(c4cc(C(F)(F)F)cc(C(F)(F)F)c4)C3C)c2)c(C)c1. The van der Waals surface area contributed by atoms with Gasteiger partial charge in [0.05, 0.1) is 49.2 Å². The molecule has 0 radical (unpaired) electrons. The van der Waals surface area contributed by atoms with Gasteiger partial charge in [0.25, 0.3) is 0 Å². The molecule has 9 nitrogen and oxygen atoms in total. The normalized spacial score (nSPS) is 16.4. The number of ether oxygens (including phenoxy) is 3. The molecule has 1 aliphatic rings. The number of nitrogens with zero attached hydrogens (tertiary/aromatic N) is 4. The summed E-state index contributed by atoms with van der Waals surface area (Å²) in [6.07, 6.45) is -7.71. The van der Waals surface area contributed by atoms with Crippen molar-refractivity contribution in [3.05, 3.63) is 87.9 Å². The monoisotopic (exact) mass is 720 g/mol. The maximum Gasteiger partial charge on any atom is 0.416 e. The van der Waals surface area contributed by atoms with Gasteiger partial charge < -0.3 is 14.2 Å². The molecular formula is C34H30F6N4O5S. The predicted molar refractivity (Wildman–Crippen MR) is 171 cm³/mol. The topological polar surface area (TPSA) is 104 Å². The molecule has 0 spiro atoms. The number of carbonyl (C=O) groups excluding carboxylic acids is 2. The van der Waals surface area contributed by atoms with Crippen molar-refractivity contribution in [3.63, 3.8) is 0 Å². The minimum atomic E-state index is -5.08. The number of hydrogen-bond acceptors (Lipinski definition) is 9. The fourth-order valence-corrected chi connectivity index (χ4v) is 6.27. The second-order valence-corrected chi connectivity index (χ2v) is 12.3. The number of halogens is 6. The van der Waals surface area contributed by atoms with E-state index >= 15 is 0 Å². The van der Waals surface area contributed by atoms with Crippen molar-refractivity contribution >= 4 is 23.8 Å². The zero-order chi connectivity index (χ0) is 36.7. The highest BCUT2D eigenvalue weighted by atomic mass is 32.2. The first-order chi connectivity index (χ1) is 23.5. The minimum absolute atomic E-state index is 0.0197. The van der Waals surface area contributed by atoms with Gasteiger partial charge in [-0.1, -0.05) is 11.8 Å². The number of rotatable bonds is 8. The van der Waals surface area contributed by atoms with E-state index in [1.165, 1.54) is 44.0 Å². The van der Waals surface area contributed by atoms with E-state index < -0.39 is 53.3 Å². The second kappa shape index (κ2) is 13.8. The Balaban J connectivity index is 1.57. The second-order valence-electron chi connectivity index (χ2n) is 11.5. The van der Waals surface area contributed by atoms with Crippen molar-refractivity contribution in [2.45, 2.75) is 57.0 Å². The zero-order valence-corrected chi connectivity index (χ0v) is 28.3. The lowest BCUT2D eigenvalue weighted by Gasteiger charge is -2.23. The van der Waals surface area contributed by atoms with E-state index in [0.29, 0.717) is 45.2 Å². The Labute approximate surface area is 287 Å². The Bertz CT molecular complexity index is 1910. The Hall–Kier alpha value is -4.86. The van der Waals surface area contributed by atoms with Crippen LogP contribution in [-0.2, 0) is 28.4 Å². The van der Waals surface area contributed by atoms with Crippen molar-refractivity contribution in [2.75, 3.05) is 20.5 Å². The number of aryl methyl sites for hydroxylation is 2. The van der Waals surface area contributed by atoms with Crippen LogP contribution in [0.5, 0.6) is 5.88 Å². The highest BCUT2D eigenvalue weighted by molar-refractivity contribution is 7.98. The van der Waals surface area contributed by atoms with Crippen molar-refractivity contribution < 1.29 is 50.1 Å².